The molecule has 2 aliphatic heterocycles. The molecule has 21 heavy (non-hydrogen) atoms. The van der Waals surface area contributed by atoms with Crippen LogP contribution >= 0.6 is 0 Å². The molecule has 2 fully saturated rings. The summed E-state index contributed by atoms with van der Waals surface area (Å²) in [5.41, 5.74) is 5.97. The maximum Gasteiger partial charge on any atom is 0.242 e. The van der Waals surface area contributed by atoms with Crippen molar-refractivity contribution in [2.24, 2.45) is 11.7 Å². The predicted octanol–water partition coefficient (Wildman–Crippen LogP) is 1.36. The molecule has 0 aromatic rings. The number of amides is 2. The molecule has 2 heterocycles. The Morgan fingerprint density at radius 1 is 1.24 bits per heavy atom. The van der Waals surface area contributed by atoms with E-state index >= 15 is 0 Å². The molecule has 2 rings (SSSR count). The quantitative estimate of drug-likeness (QED) is 0.855. The lowest BCUT2D eigenvalue weighted by Crippen LogP contribution is -2.49. The number of rotatable bonds is 3. The number of nitrogens with zero attached hydrogens (tertiary/aromatic N) is 2. The van der Waals surface area contributed by atoms with Crippen LogP contribution in [0, 0.1) is 5.92 Å². The third kappa shape index (κ3) is 4.70. The molecule has 2 atom stereocenters. The van der Waals surface area contributed by atoms with E-state index in [1.54, 1.807) is 4.90 Å². The molecule has 0 bridgehead atoms. The Morgan fingerprint density at radius 2 is 2.00 bits per heavy atom. The number of hydrogen-bond acceptors (Lipinski definition) is 3. The Bertz CT molecular complexity index is 371. The van der Waals surface area contributed by atoms with E-state index in [0.717, 1.165) is 58.2 Å². The number of carbonyl (C=O) groups is 2. The van der Waals surface area contributed by atoms with Gasteiger partial charge in [-0.1, -0.05) is 12.8 Å². The second-order valence-electron chi connectivity index (χ2n) is 6.58. The third-order valence-electron chi connectivity index (χ3n) is 4.80. The van der Waals surface area contributed by atoms with Gasteiger partial charge in [0.1, 0.15) is 0 Å². The van der Waals surface area contributed by atoms with E-state index in [4.69, 9.17) is 5.73 Å². The molecule has 0 saturated carbocycles. The van der Waals surface area contributed by atoms with Gasteiger partial charge in [0.25, 0.3) is 0 Å². The number of piperidine rings is 1. The molecule has 2 N–H and O–H groups in total. The van der Waals surface area contributed by atoms with E-state index < -0.39 is 0 Å². The van der Waals surface area contributed by atoms with Crippen LogP contribution in [0.1, 0.15) is 51.9 Å². The van der Waals surface area contributed by atoms with Crippen LogP contribution in [0.2, 0.25) is 0 Å². The van der Waals surface area contributed by atoms with Crippen LogP contribution in [0.15, 0.2) is 0 Å². The van der Waals surface area contributed by atoms with Gasteiger partial charge >= 0.3 is 0 Å². The SMILES string of the molecule is CC(N)C1CCCN(C(=O)CN2CCCCCCC2=O)C1. The predicted molar refractivity (Wildman–Crippen MR) is 82.6 cm³/mol. The zero-order valence-corrected chi connectivity index (χ0v) is 13.2. The summed E-state index contributed by atoms with van der Waals surface area (Å²) in [5.74, 6) is 0.629. The molecule has 120 valence electrons. The molecule has 5 nitrogen and oxygen atoms in total. The number of nitrogens with two attached hydrogens (primary N) is 1. The smallest absolute Gasteiger partial charge is 0.242 e. The van der Waals surface area contributed by atoms with Crippen LogP contribution in [0.4, 0.5) is 0 Å². The summed E-state index contributed by atoms with van der Waals surface area (Å²) in [6.07, 6.45) is 6.98. The van der Waals surface area contributed by atoms with Crippen molar-refractivity contribution >= 4 is 11.8 Å². The van der Waals surface area contributed by atoms with Gasteiger partial charge in [0.05, 0.1) is 6.54 Å². The minimum Gasteiger partial charge on any atom is -0.341 e. The Kier molecular flexibility index (Phi) is 6.03. The van der Waals surface area contributed by atoms with Crippen molar-refractivity contribution in [3.05, 3.63) is 0 Å². The molecule has 0 spiro atoms. The zero-order valence-electron chi connectivity index (χ0n) is 13.2. The maximum absolute atomic E-state index is 12.5. The van der Waals surface area contributed by atoms with Crippen molar-refractivity contribution in [3.8, 4) is 0 Å². The monoisotopic (exact) mass is 295 g/mol. The van der Waals surface area contributed by atoms with Crippen LogP contribution in [-0.2, 0) is 9.59 Å². The van der Waals surface area contributed by atoms with Crippen molar-refractivity contribution in [2.45, 2.75) is 57.9 Å². The summed E-state index contributed by atoms with van der Waals surface area (Å²) >= 11 is 0. The first-order chi connectivity index (χ1) is 10.1. The summed E-state index contributed by atoms with van der Waals surface area (Å²) in [6.45, 7) is 4.56. The van der Waals surface area contributed by atoms with Crippen LogP contribution < -0.4 is 5.73 Å². The highest BCUT2D eigenvalue weighted by atomic mass is 16.2. The highest BCUT2D eigenvalue weighted by Gasteiger charge is 2.27. The summed E-state index contributed by atoms with van der Waals surface area (Å²) in [6, 6.07) is 0.129. The minimum atomic E-state index is 0.0919. The number of hydrogen-bond donors (Lipinski definition) is 1. The van der Waals surface area contributed by atoms with Gasteiger partial charge in [-0.3, -0.25) is 9.59 Å². The lowest BCUT2D eigenvalue weighted by atomic mass is 9.92. The van der Waals surface area contributed by atoms with E-state index in [9.17, 15) is 9.59 Å². The van der Waals surface area contributed by atoms with Crippen LogP contribution in [0.3, 0.4) is 0 Å². The molecular weight excluding hydrogens is 266 g/mol. The fourth-order valence-corrected chi connectivity index (χ4v) is 3.31. The molecule has 0 aliphatic carbocycles. The third-order valence-corrected chi connectivity index (χ3v) is 4.80. The highest BCUT2D eigenvalue weighted by Crippen LogP contribution is 2.19. The molecule has 2 aliphatic rings. The summed E-state index contributed by atoms with van der Waals surface area (Å²) in [5, 5.41) is 0. The Balaban J connectivity index is 1.88. The molecule has 5 heteroatoms. The van der Waals surface area contributed by atoms with Gasteiger partial charge in [-0.15, -0.1) is 0 Å². The number of carbonyl (C=O) groups excluding carboxylic acids is 2. The van der Waals surface area contributed by atoms with Gasteiger partial charge in [-0.05, 0) is 38.5 Å². The maximum atomic E-state index is 12.5. The second-order valence-corrected chi connectivity index (χ2v) is 6.58. The minimum absolute atomic E-state index is 0.0919. The lowest BCUT2D eigenvalue weighted by Gasteiger charge is -2.36. The average Bonchev–Trinajstić information content (AvgIpc) is 2.47. The number of likely N-dealkylation sites (tertiary alicyclic amines) is 2. The fourth-order valence-electron chi connectivity index (χ4n) is 3.31. The summed E-state index contributed by atoms with van der Waals surface area (Å²) in [4.78, 5) is 28.2. The van der Waals surface area contributed by atoms with Crippen molar-refractivity contribution in [2.75, 3.05) is 26.2 Å². The van der Waals surface area contributed by atoms with Crippen LogP contribution in [-0.4, -0.2) is 53.8 Å². The Labute approximate surface area is 127 Å². The van der Waals surface area contributed by atoms with Gasteiger partial charge in [-0.2, -0.15) is 0 Å². The van der Waals surface area contributed by atoms with Crippen LogP contribution in [0.25, 0.3) is 0 Å². The molecule has 2 amide bonds. The van der Waals surface area contributed by atoms with E-state index in [1.165, 1.54) is 0 Å². The topological polar surface area (TPSA) is 66.6 Å². The van der Waals surface area contributed by atoms with Crippen molar-refractivity contribution in [3.63, 3.8) is 0 Å². The second kappa shape index (κ2) is 7.78. The van der Waals surface area contributed by atoms with E-state index in [1.807, 2.05) is 11.8 Å². The van der Waals surface area contributed by atoms with E-state index in [-0.39, 0.29) is 24.4 Å². The molecule has 0 aromatic carbocycles. The Morgan fingerprint density at radius 3 is 2.76 bits per heavy atom. The Hall–Kier alpha value is -1.10. The molecule has 2 saturated heterocycles. The first-order valence-electron chi connectivity index (χ1n) is 8.39. The largest absolute Gasteiger partial charge is 0.341 e. The zero-order chi connectivity index (χ0) is 15.2. The normalized spacial score (nSPS) is 26.2. The average molecular weight is 295 g/mol. The van der Waals surface area contributed by atoms with Gasteiger partial charge in [-0.25, -0.2) is 0 Å². The molecular formula is C16H29N3O2. The lowest BCUT2D eigenvalue weighted by molar-refractivity contribution is -0.142. The fraction of sp³-hybridized carbons (Fsp3) is 0.875. The summed E-state index contributed by atoms with van der Waals surface area (Å²) in [7, 11) is 0. The van der Waals surface area contributed by atoms with Gasteiger partial charge in [0.2, 0.25) is 11.8 Å². The summed E-state index contributed by atoms with van der Waals surface area (Å²) < 4.78 is 0. The highest BCUT2D eigenvalue weighted by molar-refractivity contribution is 5.85. The first kappa shape index (κ1) is 16.3. The van der Waals surface area contributed by atoms with Crippen molar-refractivity contribution < 1.29 is 9.59 Å². The van der Waals surface area contributed by atoms with Gasteiger partial charge in [0.15, 0.2) is 0 Å². The van der Waals surface area contributed by atoms with Gasteiger partial charge in [0, 0.05) is 32.1 Å². The van der Waals surface area contributed by atoms with Gasteiger partial charge < -0.3 is 15.5 Å². The molecule has 2 unspecified atom stereocenters. The van der Waals surface area contributed by atoms with Crippen molar-refractivity contribution in [1.82, 2.24) is 9.80 Å². The first-order valence-corrected chi connectivity index (χ1v) is 8.39. The van der Waals surface area contributed by atoms with E-state index in [2.05, 4.69) is 0 Å². The van der Waals surface area contributed by atoms with Crippen molar-refractivity contribution in [1.29, 1.82) is 0 Å². The standard InChI is InChI=1S/C16H29N3O2/c1-13(17)14-7-6-10-18(11-14)16(21)12-19-9-5-3-2-4-8-15(19)20/h13-14H,2-12,17H2,1H3. The molecule has 0 radical (unpaired) electrons. The van der Waals surface area contributed by atoms with E-state index in [0.29, 0.717) is 12.3 Å². The molecule has 0 aromatic heterocycles. The van der Waals surface area contributed by atoms with Crippen LogP contribution in [0.5, 0.6) is 0 Å².